The number of methoxy groups -OCH3 is 2. The van der Waals surface area contributed by atoms with Gasteiger partial charge in [-0.25, -0.2) is 14.8 Å². The predicted octanol–water partition coefficient (Wildman–Crippen LogP) is 7.35. The first-order chi connectivity index (χ1) is 31.1. The SMILES string of the molecule is COc1ccc(C(OC[C@H]2O[C@@H](n3cnc4c(=O)n(CCOC(=O)c5ccccc5)c(N=CN(C)C)nc43)[C@H](O[Si](C)(C)C(C)(C)C)[C@@H]2O)(c2ccccc2)c2ccc(OC)cc2)cc1. The van der Waals surface area contributed by atoms with Gasteiger partial charge >= 0.3 is 5.97 Å². The van der Waals surface area contributed by atoms with Gasteiger partial charge in [-0.05, 0) is 71.2 Å². The van der Waals surface area contributed by atoms with E-state index in [0.29, 0.717) is 17.1 Å². The van der Waals surface area contributed by atoms with Crippen LogP contribution in [0.5, 0.6) is 11.5 Å². The Bertz CT molecular complexity index is 2580. The Morgan fingerprint density at radius 3 is 2.00 bits per heavy atom. The van der Waals surface area contributed by atoms with Crippen LogP contribution < -0.4 is 15.0 Å². The summed E-state index contributed by atoms with van der Waals surface area (Å²) in [5.74, 6) is 0.903. The van der Waals surface area contributed by atoms with Gasteiger partial charge < -0.3 is 38.1 Å². The smallest absolute Gasteiger partial charge is 0.338 e. The Hall–Kier alpha value is -6.17. The highest BCUT2D eigenvalue weighted by atomic mass is 28.4. The topological polar surface area (TPSA) is 161 Å². The van der Waals surface area contributed by atoms with Crippen LogP contribution >= 0.6 is 0 Å². The highest BCUT2D eigenvalue weighted by molar-refractivity contribution is 6.74. The molecule has 0 amide bonds. The molecule has 0 bridgehead atoms. The first kappa shape index (κ1) is 46.8. The summed E-state index contributed by atoms with van der Waals surface area (Å²) in [7, 11) is 4.24. The molecule has 7 rings (SSSR count). The number of esters is 1. The lowest BCUT2D eigenvalue weighted by Crippen LogP contribution is -2.49. The van der Waals surface area contributed by atoms with E-state index in [-0.39, 0.29) is 41.9 Å². The predicted molar refractivity (Wildman–Crippen MR) is 251 cm³/mol. The van der Waals surface area contributed by atoms with Gasteiger partial charge in [-0.1, -0.05) is 93.6 Å². The summed E-state index contributed by atoms with van der Waals surface area (Å²) in [5, 5.41) is 12.2. The zero-order valence-corrected chi connectivity index (χ0v) is 39.4. The molecule has 0 aliphatic carbocycles. The van der Waals surface area contributed by atoms with Crippen molar-refractivity contribution >= 4 is 37.7 Å². The zero-order chi connectivity index (χ0) is 46.5. The van der Waals surface area contributed by atoms with Crippen molar-refractivity contribution in [3.05, 3.63) is 148 Å². The monoisotopic (exact) mass is 902 g/mol. The third-order valence-electron chi connectivity index (χ3n) is 12.1. The molecule has 1 aliphatic rings. The fourth-order valence-electron chi connectivity index (χ4n) is 7.54. The fraction of sp³-hybridized carbons (Fsp3) is 0.367. The largest absolute Gasteiger partial charge is 0.497 e. The van der Waals surface area contributed by atoms with Crippen molar-refractivity contribution in [3.8, 4) is 11.5 Å². The number of aliphatic imine (C=N–C) groups is 1. The molecule has 1 saturated heterocycles. The van der Waals surface area contributed by atoms with Crippen molar-refractivity contribution in [1.29, 1.82) is 0 Å². The van der Waals surface area contributed by atoms with Crippen molar-refractivity contribution in [2.24, 2.45) is 4.99 Å². The third kappa shape index (κ3) is 9.77. The van der Waals surface area contributed by atoms with E-state index >= 15 is 0 Å². The second-order valence-corrected chi connectivity index (χ2v) is 22.4. The fourth-order valence-corrected chi connectivity index (χ4v) is 8.83. The number of carbonyl (C=O) groups excluding carboxylic acids is 1. The molecule has 2 aromatic heterocycles. The van der Waals surface area contributed by atoms with Gasteiger partial charge in [0.2, 0.25) is 5.95 Å². The van der Waals surface area contributed by atoms with Crippen LogP contribution in [0.15, 0.2) is 125 Å². The van der Waals surface area contributed by atoms with Gasteiger partial charge in [0.1, 0.15) is 42.0 Å². The molecule has 16 heteroatoms. The summed E-state index contributed by atoms with van der Waals surface area (Å²) < 4.78 is 40.7. The number of imidazole rings is 1. The molecular weight excluding hydrogens is 845 g/mol. The van der Waals surface area contributed by atoms with E-state index in [4.69, 9.17) is 33.1 Å². The molecule has 342 valence electrons. The second-order valence-electron chi connectivity index (χ2n) is 17.6. The maximum Gasteiger partial charge on any atom is 0.338 e. The van der Waals surface area contributed by atoms with Gasteiger partial charge in [-0.2, -0.15) is 4.98 Å². The highest BCUT2D eigenvalue weighted by Crippen LogP contribution is 2.45. The maximum absolute atomic E-state index is 14.3. The molecule has 15 nitrogen and oxygen atoms in total. The second kappa shape index (κ2) is 19.5. The van der Waals surface area contributed by atoms with Crippen LogP contribution in [-0.4, -0.2) is 110 Å². The Morgan fingerprint density at radius 1 is 0.877 bits per heavy atom. The van der Waals surface area contributed by atoms with E-state index in [1.54, 1.807) is 62.0 Å². The molecule has 0 saturated carbocycles. The zero-order valence-electron chi connectivity index (χ0n) is 38.4. The summed E-state index contributed by atoms with van der Waals surface area (Å²) in [5.41, 5.74) is 1.38. The summed E-state index contributed by atoms with van der Waals surface area (Å²) in [6.45, 7) is 10.3. The van der Waals surface area contributed by atoms with Crippen LogP contribution in [0.3, 0.4) is 0 Å². The molecule has 0 unspecified atom stereocenters. The van der Waals surface area contributed by atoms with E-state index in [2.05, 4.69) is 43.8 Å². The number of benzene rings is 4. The summed E-state index contributed by atoms with van der Waals surface area (Å²) >= 11 is 0. The van der Waals surface area contributed by atoms with Crippen LogP contribution in [0.4, 0.5) is 5.95 Å². The Balaban J connectivity index is 1.29. The number of ether oxygens (including phenoxy) is 5. The molecule has 3 heterocycles. The lowest BCUT2D eigenvalue weighted by atomic mass is 9.80. The minimum Gasteiger partial charge on any atom is -0.497 e. The number of rotatable bonds is 17. The Kier molecular flexibility index (Phi) is 14.1. The minimum absolute atomic E-state index is 0.0337. The Morgan fingerprint density at radius 2 is 1.45 bits per heavy atom. The standard InChI is InChI=1S/C49H58N6O9Si/c1-48(2,3)65(8,9)64-42-41(56)39(30-62-49(34-18-14-11-15-19-34,35-20-24-37(59-6)25-21-35)36-22-26-38(60-7)27-23-36)63-45(42)55-32-50-40-43(55)52-47(51-31-53(4)5)54(44(40)57)28-29-61-46(58)33-16-12-10-13-17-33/h10-27,31-32,39,41-42,45,56H,28-30H2,1-9H3/t39-,41-,42-,45-/m1/s1. The molecule has 0 spiro atoms. The summed E-state index contributed by atoms with van der Waals surface area (Å²) in [6, 6.07) is 33.9. The number of aliphatic hydroxyl groups excluding tert-OH is 1. The number of hydrogen-bond acceptors (Lipinski definition) is 12. The number of carbonyl (C=O) groups is 1. The minimum atomic E-state index is -2.60. The van der Waals surface area contributed by atoms with Crippen molar-refractivity contribution in [1.82, 2.24) is 24.0 Å². The van der Waals surface area contributed by atoms with Crippen LogP contribution in [-0.2, 0) is 30.8 Å². The van der Waals surface area contributed by atoms with Crippen molar-refractivity contribution in [2.45, 2.75) is 75.6 Å². The van der Waals surface area contributed by atoms with Crippen LogP contribution in [0.1, 0.15) is 54.0 Å². The molecule has 0 radical (unpaired) electrons. The third-order valence-corrected chi connectivity index (χ3v) is 16.6. The quantitative estimate of drug-likeness (QED) is 0.0319. The molecule has 1 fully saturated rings. The van der Waals surface area contributed by atoms with Crippen LogP contribution in [0, 0.1) is 0 Å². The van der Waals surface area contributed by atoms with E-state index in [1.165, 1.54) is 17.2 Å². The number of aliphatic hydroxyl groups is 1. The molecule has 4 atom stereocenters. The average molecular weight is 903 g/mol. The molecule has 4 aromatic carbocycles. The molecule has 6 aromatic rings. The lowest BCUT2D eigenvalue weighted by molar-refractivity contribution is -0.0940. The van der Waals surface area contributed by atoms with Gasteiger partial charge in [0.05, 0.1) is 45.6 Å². The first-order valence-corrected chi connectivity index (χ1v) is 24.4. The van der Waals surface area contributed by atoms with E-state index in [9.17, 15) is 14.7 Å². The number of fused-ring (bicyclic) bond motifs is 1. The van der Waals surface area contributed by atoms with Crippen molar-refractivity contribution < 1.29 is 38.0 Å². The molecule has 1 N–H and O–H groups in total. The molecule has 65 heavy (non-hydrogen) atoms. The molecular formula is C49H58N6O9Si. The van der Waals surface area contributed by atoms with E-state index < -0.39 is 50.0 Å². The van der Waals surface area contributed by atoms with Gasteiger partial charge in [0.15, 0.2) is 25.7 Å². The molecule has 1 aliphatic heterocycles. The van der Waals surface area contributed by atoms with Crippen molar-refractivity contribution in [2.75, 3.05) is 41.5 Å². The number of hydrogen-bond donors (Lipinski definition) is 1. The first-order valence-electron chi connectivity index (χ1n) is 21.5. The maximum atomic E-state index is 14.3. The van der Waals surface area contributed by atoms with E-state index in [0.717, 1.165) is 16.7 Å². The lowest BCUT2D eigenvalue weighted by Gasteiger charge is -2.40. The number of nitrogens with zero attached hydrogens (tertiary/aromatic N) is 6. The average Bonchev–Trinajstić information content (AvgIpc) is 3.86. The summed E-state index contributed by atoms with van der Waals surface area (Å²) in [4.78, 5) is 42.7. The highest BCUT2D eigenvalue weighted by Gasteiger charge is 2.52. The van der Waals surface area contributed by atoms with Gasteiger partial charge in [-0.3, -0.25) is 13.9 Å². The normalized spacial score (nSPS) is 18.0. The van der Waals surface area contributed by atoms with E-state index in [1.807, 2.05) is 84.9 Å². The number of aromatic nitrogens is 4. The van der Waals surface area contributed by atoms with Gasteiger partial charge in [0, 0.05) is 14.1 Å². The van der Waals surface area contributed by atoms with Crippen LogP contribution in [0.25, 0.3) is 11.2 Å². The van der Waals surface area contributed by atoms with Gasteiger partial charge in [0.25, 0.3) is 5.56 Å². The van der Waals surface area contributed by atoms with Gasteiger partial charge in [-0.15, -0.1) is 0 Å². The summed E-state index contributed by atoms with van der Waals surface area (Å²) in [6.07, 6.45) is -1.05. The van der Waals surface area contributed by atoms with Crippen LogP contribution in [0.2, 0.25) is 18.1 Å². The van der Waals surface area contributed by atoms with Crippen molar-refractivity contribution in [3.63, 3.8) is 0 Å². The Labute approximate surface area is 380 Å².